The van der Waals surface area contributed by atoms with E-state index in [1.165, 1.54) is 0 Å². The molecule has 1 aromatic carbocycles. The molecule has 1 saturated carbocycles. The topological polar surface area (TPSA) is 63.3 Å². The fourth-order valence-corrected chi connectivity index (χ4v) is 7.68. The van der Waals surface area contributed by atoms with Gasteiger partial charge in [-0.25, -0.2) is 10.2 Å². The third-order valence-electron chi connectivity index (χ3n) is 9.72. The highest BCUT2D eigenvalue weighted by Gasteiger charge is 2.62. The van der Waals surface area contributed by atoms with E-state index in [2.05, 4.69) is 36.5 Å². The van der Waals surface area contributed by atoms with Crippen LogP contribution in [-0.4, -0.2) is 55.8 Å². The molecule has 7 heteroatoms. The molecule has 0 amide bonds. The van der Waals surface area contributed by atoms with Crippen molar-refractivity contribution in [1.82, 2.24) is 4.90 Å². The number of allylic oxidation sites excluding steroid dienone is 2. The van der Waals surface area contributed by atoms with Crippen molar-refractivity contribution in [2.24, 2.45) is 10.8 Å². The van der Waals surface area contributed by atoms with Crippen molar-refractivity contribution in [1.29, 1.82) is 0 Å². The Morgan fingerprint density at radius 3 is 2.60 bits per heavy atom. The van der Waals surface area contributed by atoms with Crippen LogP contribution in [0.4, 0.5) is 10.1 Å². The molecule has 1 aliphatic carbocycles. The standard InChI is InChI=1S/C36H47FN4O2/c1-5-13-27-25-30-34(26-31(27)37)41(38)36(35(30)16-11-9-10-12-17-35)18-19-39-32(8-4)29(14-6-2)28(7-3)33(15-22-43-36)40-20-23-42-24-21-40/h4,6-7,14-15,19,25-26,32H,3,5,9-13,16-18,20-24,38H2,1-2H3/b14-6-,29-28-,33-15+,39-19?. The molecule has 2 unspecified atom stereocenters. The molecule has 5 rings (SSSR count). The van der Waals surface area contributed by atoms with Gasteiger partial charge in [0.15, 0.2) is 5.72 Å². The second-order valence-electron chi connectivity index (χ2n) is 12.0. The monoisotopic (exact) mass is 586 g/mol. The highest BCUT2D eigenvalue weighted by molar-refractivity contribution is 5.71. The third kappa shape index (κ3) is 5.61. The van der Waals surface area contributed by atoms with Crippen molar-refractivity contribution in [3.05, 3.63) is 76.8 Å². The molecule has 2 fully saturated rings. The van der Waals surface area contributed by atoms with Crippen LogP contribution in [0.1, 0.15) is 76.3 Å². The van der Waals surface area contributed by atoms with Gasteiger partial charge in [0.25, 0.3) is 0 Å². The zero-order valence-corrected chi connectivity index (χ0v) is 25.9. The first-order valence-electron chi connectivity index (χ1n) is 16.0. The minimum absolute atomic E-state index is 0.208. The molecule has 0 radical (unpaired) electrons. The van der Waals surface area contributed by atoms with Crippen molar-refractivity contribution in [2.45, 2.75) is 88.8 Å². The Labute approximate surface area is 257 Å². The number of benzene rings is 1. The molecule has 2 atom stereocenters. The maximum atomic E-state index is 15.4. The number of nitrogens with zero attached hydrogens (tertiary/aromatic N) is 3. The molecule has 43 heavy (non-hydrogen) atoms. The summed E-state index contributed by atoms with van der Waals surface area (Å²) in [5.74, 6) is 9.79. The van der Waals surface area contributed by atoms with Crippen molar-refractivity contribution in [2.75, 3.05) is 37.9 Å². The number of hydrazine groups is 1. The van der Waals surface area contributed by atoms with Crippen LogP contribution in [0.2, 0.25) is 0 Å². The van der Waals surface area contributed by atoms with Crippen molar-refractivity contribution in [3.63, 3.8) is 0 Å². The zero-order chi connectivity index (χ0) is 30.5. The zero-order valence-electron chi connectivity index (χ0n) is 25.9. The molecule has 3 aliphatic heterocycles. The fourth-order valence-electron chi connectivity index (χ4n) is 7.68. The summed E-state index contributed by atoms with van der Waals surface area (Å²) in [7, 11) is 0. The van der Waals surface area contributed by atoms with Crippen LogP contribution in [0.25, 0.3) is 0 Å². The van der Waals surface area contributed by atoms with E-state index in [-0.39, 0.29) is 5.82 Å². The Balaban J connectivity index is 1.70. The Bertz CT molecular complexity index is 1340. The van der Waals surface area contributed by atoms with Crippen LogP contribution in [0.15, 0.2) is 64.9 Å². The van der Waals surface area contributed by atoms with Gasteiger partial charge in [0.2, 0.25) is 0 Å². The third-order valence-corrected chi connectivity index (χ3v) is 9.72. The first kappa shape index (κ1) is 31.3. The number of aryl methyl sites for hydroxylation is 1. The van der Waals surface area contributed by atoms with Crippen molar-refractivity contribution < 1.29 is 13.9 Å². The highest BCUT2D eigenvalue weighted by Crippen LogP contribution is 2.59. The summed E-state index contributed by atoms with van der Waals surface area (Å²) < 4.78 is 28.2. The molecule has 2 N–H and O–H groups in total. The minimum atomic E-state index is -0.953. The van der Waals surface area contributed by atoms with Crippen LogP contribution in [0.3, 0.4) is 0 Å². The molecule has 0 aromatic heterocycles. The van der Waals surface area contributed by atoms with E-state index in [4.69, 9.17) is 26.7 Å². The van der Waals surface area contributed by atoms with Crippen LogP contribution in [0.5, 0.6) is 0 Å². The molecular weight excluding hydrogens is 539 g/mol. The molecule has 6 nitrogen and oxygen atoms in total. The molecule has 1 aromatic rings. The fraction of sp³-hybridized carbons (Fsp3) is 0.528. The maximum absolute atomic E-state index is 15.4. The number of anilines is 1. The SMILES string of the molecule is C#CC1N=CCC2(OC\C=C(N3CCOCC3)/C(C=C)=C1/C=C\C)N(N)c1cc(F)c(CCC)cc1C21CCCCCC1. The molecule has 2 spiro atoms. The van der Waals surface area contributed by atoms with E-state index in [9.17, 15) is 0 Å². The maximum Gasteiger partial charge on any atom is 0.169 e. The van der Waals surface area contributed by atoms with Gasteiger partial charge >= 0.3 is 0 Å². The predicted molar refractivity (Wildman–Crippen MR) is 173 cm³/mol. The van der Waals surface area contributed by atoms with Gasteiger partial charge in [0, 0.05) is 42.4 Å². The quantitative estimate of drug-likeness (QED) is 0.314. The molecular formula is C36H47FN4O2. The number of terminal acetylenes is 1. The number of ether oxygens (including phenoxy) is 2. The van der Waals surface area contributed by atoms with Gasteiger partial charge in [-0.3, -0.25) is 10.0 Å². The Morgan fingerprint density at radius 1 is 1.21 bits per heavy atom. The summed E-state index contributed by atoms with van der Waals surface area (Å²) >= 11 is 0. The molecule has 0 bridgehead atoms. The van der Waals surface area contributed by atoms with Crippen LogP contribution in [-0.2, 0) is 21.3 Å². The smallest absolute Gasteiger partial charge is 0.169 e. The first-order valence-corrected chi connectivity index (χ1v) is 16.0. The Hall–Kier alpha value is -3.18. The van der Waals surface area contributed by atoms with E-state index in [0.29, 0.717) is 38.3 Å². The minimum Gasteiger partial charge on any atom is -0.378 e. The Morgan fingerprint density at radius 2 is 1.95 bits per heavy atom. The largest absolute Gasteiger partial charge is 0.378 e. The van der Waals surface area contributed by atoms with Crippen molar-refractivity contribution >= 4 is 11.9 Å². The normalized spacial score (nSPS) is 29.2. The van der Waals surface area contributed by atoms with Crippen LogP contribution in [0, 0.1) is 18.2 Å². The summed E-state index contributed by atoms with van der Waals surface area (Å²) in [6.45, 7) is 11.4. The number of aliphatic imine (C=N–C) groups is 1. The summed E-state index contributed by atoms with van der Waals surface area (Å²) in [6.07, 6.45) is 24.3. The van der Waals surface area contributed by atoms with Crippen LogP contribution < -0.4 is 10.9 Å². The Kier molecular flexibility index (Phi) is 9.91. The first-order chi connectivity index (χ1) is 21.0. The molecule has 230 valence electrons. The van der Waals surface area contributed by atoms with Gasteiger partial charge in [0.05, 0.1) is 25.5 Å². The average Bonchev–Trinajstić information content (AvgIpc) is 3.20. The van der Waals surface area contributed by atoms with Crippen molar-refractivity contribution in [3.8, 4) is 12.3 Å². The summed E-state index contributed by atoms with van der Waals surface area (Å²) in [4.78, 5) is 7.29. The number of hydrogen-bond acceptors (Lipinski definition) is 6. The van der Waals surface area contributed by atoms with E-state index in [1.807, 2.05) is 31.4 Å². The van der Waals surface area contributed by atoms with Gasteiger partial charge in [0.1, 0.15) is 11.9 Å². The second-order valence-corrected chi connectivity index (χ2v) is 12.0. The number of morpholine rings is 1. The van der Waals surface area contributed by atoms with Gasteiger partial charge in [-0.1, -0.05) is 75.8 Å². The average molecular weight is 587 g/mol. The lowest BCUT2D eigenvalue weighted by molar-refractivity contribution is -0.0856. The summed E-state index contributed by atoms with van der Waals surface area (Å²) in [5.41, 5.74) is 4.06. The molecule has 4 aliphatic rings. The number of fused-ring (bicyclic) bond motifs is 3. The molecule has 3 heterocycles. The predicted octanol–water partition coefficient (Wildman–Crippen LogP) is 6.53. The summed E-state index contributed by atoms with van der Waals surface area (Å²) in [5, 5.41) is 1.72. The lowest BCUT2D eigenvalue weighted by Crippen LogP contribution is -2.62. The summed E-state index contributed by atoms with van der Waals surface area (Å²) in [6, 6.07) is 3.20. The van der Waals surface area contributed by atoms with E-state index in [0.717, 1.165) is 86.0 Å². The van der Waals surface area contributed by atoms with Gasteiger partial charge in [-0.2, -0.15) is 0 Å². The highest BCUT2D eigenvalue weighted by atomic mass is 19.1. The number of hydrogen-bond donors (Lipinski definition) is 1. The van der Waals surface area contributed by atoms with E-state index >= 15 is 4.39 Å². The van der Waals surface area contributed by atoms with E-state index in [1.54, 1.807) is 11.1 Å². The van der Waals surface area contributed by atoms with Gasteiger partial charge in [-0.05, 0) is 55.0 Å². The van der Waals surface area contributed by atoms with Gasteiger partial charge in [-0.15, -0.1) is 6.42 Å². The number of rotatable bonds is 5. The lowest BCUT2D eigenvalue weighted by Gasteiger charge is -2.48. The van der Waals surface area contributed by atoms with E-state index < -0.39 is 17.2 Å². The van der Waals surface area contributed by atoms with Crippen LogP contribution >= 0.6 is 0 Å². The number of nitrogens with two attached hydrogens (primary N) is 1. The van der Waals surface area contributed by atoms with Gasteiger partial charge < -0.3 is 14.4 Å². The number of halogens is 1. The molecule has 1 saturated heterocycles. The second kappa shape index (κ2) is 13.6. The lowest BCUT2D eigenvalue weighted by atomic mass is 9.67.